The molecule has 0 aliphatic carbocycles. The van der Waals surface area contributed by atoms with E-state index in [0.29, 0.717) is 28.0 Å². The van der Waals surface area contributed by atoms with Crippen LogP contribution in [0.1, 0.15) is 11.4 Å². The van der Waals surface area contributed by atoms with Gasteiger partial charge in [-0.3, -0.25) is 9.59 Å². The van der Waals surface area contributed by atoms with E-state index < -0.39 is 11.7 Å². The molecular formula is C25H19BrClFN4O4. The second-order valence-corrected chi connectivity index (χ2v) is 8.88. The molecule has 0 aliphatic rings. The second-order valence-electron chi connectivity index (χ2n) is 7.56. The maximum absolute atomic E-state index is 13.0. The fraction of sp³-hybridized carbons (Fsp3) is 0.120. The third kappa shape index (κ3) is 5.72. The van der Waals surface area contributed by atoms with Gasteiger partial charge in [-0.1, -0.05) is 27.5 Å². The molecule has 0 saturated carbocycles. The van der Waals surface area contributed by atoms with Gasteiger partial charge in [0.2, 0.25) is 0 Å². The number of carbonyl (C=O) groups excluding carboxylic acids is 1. The van der Waals surface area contributed by atoms with Crippen molar-refractivity contribution in [3.05, 3.63) is 91.7 Å². The Morgan fingerprint density at radius 1 is 1.22 bits per heavy atom. The first-order valence-electron chi connectivity index (χ1n) is 10.5. The normalized spacial score (nSPS) is 11.1. The molecule has 1 heterocycles. The van der Waals surface area contributed by atoms with Gasteiger partial charge in [0.15, 0.2) is 18.1 Å². The van der Waals surface area contributed by atoms with Crippen molar-refractivity contribution in [1.82, 2.24) is 9.66 Å². The number of hydrogen-bond acceptors (Lipinski definition) is 6. The number of carbonyl (C=O) groups is 1. The predicted molar refractivity (Wildman–Crippen MR) is 140 cm³/mol. The largest absolute Gasteiger partial charge is 0.493 e. The third-order valence-electron chi connectivity index (χ3n) is 5.02. The summed E-state index contributed by atoms with van der Waals surface area (Å²) in [6.07, 6.45) is 1.44. The summed E-state index contributed by atoms with van der Waals surface area (Å²) in [5.74, 6) is -0.0272. The maximum atomic E-state index is 13.0. The van der Waals surface area contributed by atoms with Crippen LogP contribution in [0, 0.1) is 12.7 Å². The highest BCUT2D eigenvalue weighted by atomic mass is 79.9. The first kappa shape index (κ1) is 25.3. The van der Waals surface area contributed by atoms with E-state index in [4.69, 9.17) is 21.1 Å². The number of amides is 1. The minimum atomic E-state index is -0.462. The highest BCUT2D eigenvalue weighted by molar-refractivity contribution is 9.10. The topological polar surface area (TPSA) is 94.8 Å². The molecule has 1 amide bonds. The van der Waals surface area contributed by atoms with Gasteiger partial charge in [0.25, 0.3) is 11.5 Å². The lowest BCUT2D eigenvalue weighted by Gasteiger charge is -2.13. The molecule has 0 unspecified atom stereocenters. The van der Waals surface area contributed by atoms with Gasteiger partial charge < -0.3 is 14.8 Å². The number of ether oxygens (including phenoxy) is 2. The molecule has 0 bridgehead atoms. The van der Waals surface area contributed by atoms with Crippen molar-refractivity contribution < 1.29 is 18.7 Å². The minimum absolute atomic E-state index is 0.163. The Hall–Kier alpha value is -3.76. The lowest BCUT2D eigenvalue weighted by molar-refractivity contribution is -0.118. The summed E-state index contributed by atoms with van der Waals surface area (Å²) in [5.41, 5.74) is 1.21. The second kappa shape index (κ2) is 10.9. The monoisotopic (exact) mass is 572 g/mol. The van der Waals surface area contributed by atoms with E-state index in [1.807, 2.05) is 6.07 Å². The molecule has 0 fully saturated rings. The lowest BCUT2D eigenvalue weighted by Crippen LogP contribution is -2.21. The van der Waals surface area contributed by atoms with Gasteiger partial charge in [-0.05, 0) is 67.1 Å². The van der Waals surface area contributed by atoms with Gasteiger partial charge in [-0.25, -0.2) is 9.37 Å². The smallest absolute Gasteiger partial charge is 0.282 e. The summed E-state index contributed by atoms with van der Waals surface area (Å²) in [4.78, 5) is 29.6. The van der Waals surface area contributed by atoms with Gasteiger partial charge in [0, 0.05) is 10.2 Å². The number of aryl methyl sites for hydroxylation is 1. The van der Waals surface area contributed by atoms with Crippen molar-refractivity contribution in [2.24, 2.45) is 5.10 Å². The molecule has 4 aromatic rings. The van der Waals surface area contributed by atoms with Crippen molar-refractivity contribution in [2.75, 3.05) is 19.0 Å². The number of nitrogens with zero attached hydrogens (tertiary/aromatic N) is 3. The predicted octanol–water partition coefficient (Wildman–Crippen LogP) is 5.17. The summed E-state index contributed by atoms with van der Waals surface area (Å²) in [6, 6.07) is 13.8. The van der Waals surface area contributed by atoms with Crippen LogP contribution >= 0.6 is 27.5 Å². The van der Waals surface area contributed by atoms with Crippen LogP contribution in [-0.4, -0.2) is 35.5 Å². The van der Waals surface area contributed by atoms with Gasteiger partial charge in [-0.2, -0.15) is 9.78 Å². The Morgan fingerprint density at radius 3 is 2.69 bits per heavy atom. The van der Waals surface area contributed by atoms with Crippen LogP contribution in [0.2, 0.25) is 5.02 Å². The average Bonchev–Trinajstić information content (AvgIpc) is 2.85. The minimum Gasteiger partial charge on any atom is -0.493 e. The molecule has 36 heavy (non-hydrogen) atoms. The average molecular weight is 574 g/mol. The number of rotatable bonds is 7. The molecule has 0 radical (unpaired) electrons. The molecule has 0 atom stereocenters. The number of benzene rings is 3. The Bertz CT molecular complexity index is 1540. The van der Waals surface area contributed by atoms with Crippen LogP contribution in [0.25, 0.3) is 10.9 Å². The van der Waals surface area contributed by atoms with Crippen molar-refractivity contribution in [1.29, 1.82) is 0 Å². The first-order valence-corrected chi connectivity index (χ1v) is 11.7. The highest BCUT2D eigenvalue weighted by Crippen LogP contribution is 2.36. The Kier molecular flexibility index (Phi) is 7.66. The maximum Gasteiger partial charge on any atom is 0.282 e. The number of nitrogens with one attached hydrogen (secondary N) is 1. The zero-order valence-electron chi connectivity index (χ0n) is 19.1. The zero-order valence-corrected chi connectivity index (χ0v) is 21.4. The van der Waals surface area contributed by atoms with E-state index in [1.54, 1.807) is 31.2 Å². The Morgan fingerprint density at radius 2 is 1.97 bits per heavy atom. The fourth-order valence-corrected chi connectivity index (χ4v) is 3.98. The highest BCUT2D eigenvalue weighted by Gasteiger charge is 2.14. The molecule has 0 aliphatic heterocycles. The fourth-order valence-electron chi connectivity index (χ4n) is 3.34. The van der Waals surface area contributed by atoms with Crippen LogP contribution in [0.15, 0.2) is 69.0 Å². The van der Waals surface area contributed by atoms with Crippen molar-refractivity contribution in [3.63, 3.8) is 0 Å². The van der Waals surface area contributed by atoms with E-state index >= 15 is 0 Å². The first-order chi connectivity index (χ1) is 17.2. The molecular weight excluding hydrogens is 555 g/mol. The standard InChI is InChI=1S/C25H19BrClFN4O4/c1-14-30-21-8-3-16(26)11-19(21)25(34)32(14)29-12-15-9-20(27)24(22(10-15)35-2)36-13-23(33)31-18-6-4-17(28)5-7-18/h3-12H,13H2,1-2H3,(H,31,33). The third-order valence-corrected chi connectivity index (χ3v) is 5.79. The van der Waals surface area contributed by atoms with Gasteiger partial charge in [0.05, 0.1) is 29.2 Å². The number of hydrogen-bond donors (Lipinski definition) is 1. The summed E-state index contributed by atoms with van der Waals surface area (Å²) in [5, 5.41) is 7.48. The molecule has 8 nitrogen and oxygen atoms in total. The summed E-state index contributed by atoms with van der Waals surface area (Å²) in [7, 11) is 1.43. The summed E-state index contributed by atoms with van der Waals surface area (Å²) in [6.45, 7) is 1.33. The molecule has 4 rings (SSSR count). The van der Waals surface area contributed by atoms with Crippen molar-refractivity contribution >= 4 is 56.2 Å². The van der Waals surface area contributed by atoms with E-state index in [1.165, 1.54) is 42.3 Å². The van der Waals surface area contributed by atoms with E-state index in [9.17, 15) is 14.0 Å². The van der Waals surface area contributed by atoms with Crippen LogP contribution in [0.4, 0.5) is 10.1 Å². The van der Waals surface area contributed by atoms with Crippen LogP contribution in [0.5, 0.6) is 11.5 Å². The lowest BCUT2D eigenvalue weighted by atomic mass is 10.2. The summed E-state index contributed by atoms with van der Waals surface area (Å²) < 4.78 is 25.9. The molecule has 0 saturated heterocycles. The van der Waals surface area contributed by atoms with Gasteiger partial charge >= 0.3 is 0 Å². The molecule has 11 heteroatoms. The van der Waals surface area contributed by atoms with Crippen molar-refractivity contribution in [3.8, 4) is 11.5 Å². The number of methoxy groups -OCH3 is 1. The number of halogens is 3. The summed E-state index contributed by atoms with van der Waals surface area (Å²) >= 11 is 9.75. The number of anilines is 1. The van der Waals surface area contributed by atoms with E-state index in [0.717, 1.165) is 4.47 Å². The molecule has 0 spiro atoms. The molecule has 1 N–H and O–H groups in total. The molecule has 3 aromatic carbocycles. The zero-order chi connectivity index (χ0) is 25.8. The Balaban J connectivity index is 1.54. The van der Waals surface area contributed by atoms with Crippen molar-refractivity contribution in [2.45, 2.75) is 6.92 Å². The van der Waals surface area contributed by atoms with Crippen LogP contribution in [-0.2, 0) is 4.79 Å². The molecule has 184 valence electrons. The quantitative estimate of drug-likeness (QED) is 0.308. The SMILES string of the molecule is COc1cc(C=Nn2c(C)nc3ccc(Br)cc3c2=O)cc(Cl)c1OCC(=O)Nc1ccc(F)cc1. The Labute approximate surface area is 218 Å². The molecule has 1 aromatic heterocycles. The number of aromatic nitrogens is 2. The van der Waals surface area contributed by atoms with Gasteiger partial charge in [-0.15, -0.1) is 0 Å². The van der Waals surface area contributed by atoms with Crippen LogP contribution in [0.3, 0.4) is 0 Å². The van der Waals surface area contributed by atoms with E-state index in [-0.39, 0.29) is 28.7 Å². The van der Waals surface area contributed by atoms with Crippen LogP contribution < -0.4 is 20.3 Å². The number of fused-ring (bicyclic) bond motifs is 1. The van der Waals surface area contributed by atoms with Gasteiger partial charge in [0.1, 0.15) is 11.6 Å². The van der Waals surface area contributed by atoms with E-state index in [2.05, 4.69) is 31.3 Å².